The fourth-order valence-electron chi connectivity index (χ4n) is 3.22. The van der Waals surface area contributed by atoms with Crippen molar-refractivity contribution in [2.24, 2.45) is 5.92 Å². The Kier molecular flexibility index (Phi) is 6.27. The number of anilines is 1. The van der Waals surface area contributed by atoms with Crippen LogP contribution in [-0.4, -0.2) is 22.8 Å². The summed E-state index contributed by atoms with van der Waals surface area (Å²) in [4.78, 5) is 30.1. The maximum Gasteiger partial charge on any atom is 0.251 e. The normalized spacial score (nSPS) is 12.8. The van der Waals surface area contributed by atoms with E-state index in [1.54, 1.807) is 11.3 Å². The van der Waals surface area contributed by atoms with Gasteiger partial charge in [0.15, 0.2) is 0 Å². The lowest BCUT2D eigenvalue weighted by molar-refractivity contribution is -0.118. The largest absolute Gasteiger partial charge is 0.340 e. The summed E-state index contributed by atoms with van der Waals surface area (Å²) in [5.41, 5.74) is 3.34. The highest BCUT2D eigenvalue weighted by molar-refractivity contribution is 7.18. The number of aromatic nitrogens is 1. The molecule has 0 bridgehead atoms. The molecule has 30 heavy (non-hydrogen) atoms. The van der Waals surface area contributed by atoms with Crippen LogP contribution in [0.25, 0.3) is 10.2 Å². The lowest BCUT2D eigenvalue weighted by atomic mass is 9.86. The Morgan fingerprint density at radius 1 is 1.03 bits per heavy atom. The van der Waals surface area contributed by atoms with E-state index in [0.717, 1.165) is 20.8 Å². The van der Waals surface area contributed by atoms with Crippen LogP contribution in [0.5, 0.6) is 0 Å². The molecule has 1 heterocycles. The monoisotopic (exact) mass is 423 g/mol. The molecule has 0 aliphatic rings. The molecule has 3 rings (SSSR count). The Labute approximate surface area is 181 Å². The number of rotatable bonds is 5. The van der Waals surface area contributed by atoms with Crippen molar-refractivity contribution in [3.05, 3.63) is 58.6 Å². The van der Waals surface area contributed by atoms with Crippen molar-refractivity contribution in [3.8, 4) is 0 Å². The first-order valence-electron chi connectivity index (χ1n) is 10.1. The van der Waals surface area contributed by atoms with Gasteiger partial charge >= 0.3 is 0 Å². The van der Waals surface area contributed by atoms with Gasteiger partial charge in [0, 0.05) is 11.3 Å². The third-order valence-corrected chi connectivity index (χ3v) is 5.95. The first kappa shape index (κ1) is 22.0. The molecule has 0 fully saturated rings. The van der Waals surface area contributed by atoms with Crippen molar-refractivity contribution >= 4 is 39.1 Å². The van der Waals surface area contributed by atoms with Gasteiger partial charge in [-0.05, 0) is 54.2 Å². The van der Waals surface area contributed by atoms with Gasteiger partial charge < -0.3 is 10.6 Å². The van der Waals surface area contributed by atoms with Crippen molar-refractivity contribution in [2.45, 2.75) is 53.0 Å². The first-order valence-corrected chi connectivity index (χ1v) is 11.0. The van der Waals surface area contributed by atoms with Crippen molar-refractivity contribution in [2.75, 3.05) is 5.32 Å². The zero-order chi connectivity index (χ0) is 22.1. The van der Waals surface area contributed by atoms with Crippen molar-refractivity contribution in [1.82, 2.24) is 10.3 Å². The number of fused-ring (bicyclic) bond motifs is 1. The van der Waals surface area contributed by atoms with Crippen LogP contribution in [0.2, 0.25) is 0 Å². The van der Waals surface area contributed by atoms with E-state index in [4.69, 9.17) is 0 Å². The van der Waals surface area contributed by atoms with Gasteiger partial charge in [-0.1, -0.05) is 46.8 Å². The molecule has 0 aliphatic carbocycles. The Morgan fingerprint density at radius 3 is 2.30 bits per heavy atom. The molecule has 2 N–H and O–H groups in total. The third-order valence-electron chi connectivity index (χ3n) is 5.01. The number of nitrogens with one attached hydrogen (secondary N) is 2. The third kappa shape index (κ3) is 5.05. The summed E-state index contributed by atoms with van der Waals surface area (Å²) in [5, 5.41) is 6.81. The van der Waals surface area contributed by atoms with E-state index < -0.39 is 6.04 Å². The van der Waals surface area contributed by atoms with Crippen LogP contribution in [0.1, 0.15) is 55.5 Å². The van der Waals surface area contributed by atoms with Crippen molar-refractivity contribution in [3.63, 3.8) is 0 Å². The zero-order valence-corrected chi connectivity index (χ0v) is 19.2. The molecular weight excluding hydrogens is 394 g/mol. The lowest BCUT2D eigenvalue weighted by Crippen LogP contribution is -2.47. The van der Waals surface area contributed by atoms with Gasteiger partial charge in [0.2, 0.25) is 5.91 Å². The lowest BCUT2D eigenvalue weighted by Gasteiger charge is -2.22. The minimum atomic E-state index is -0.640. The zero-order valence-electron chi connectivity index (χ0n) is 18.4. The van der Waals surface area contributed by atoms with Gasteiger partial charge in [0.1, 0.15) is 6.04 Å². The summed E-state index contributed by atoms with van der Waals surface area (Å²) in [7, 11) is 0. The Hall–Kier alpha value is -2.73. The number of thiazole rings is 1. The fraction of sp³-hybridized carbons (Fsp3) is 0.375. The van der Waals surface area contributed by atoms with Crippen LogP contribution in [0.3, 0.4) is 0 Å². The molecule has 5 nitrogen and oxygen atoms in total. The van der Waals surface area contributed by atoms with Crippen LogP contribution < -0.4 is 10.6 Å². The van der Waals surface area contributed by atoms with Crippen LogP contribution in [0.15, 0.2) is 42.5 Å². The van der Waals surface area contributed by atoms with E-state index >= 15 is 0 Å². The second kappa shape index (κ2) is 8.56. The Balaban J connectivity index is 1.72. The number of benzene rings is 2. The topological polar surface area (TPSA) is 71.1 Å². The van der Waals surface area contributed by atoms with E-state index in [1.165, 1.54) is 0 Å². The highest BCUT2D eigenvalue weighted by atomic mass is 32.1. The molecule has 1 atom stereocenters. The second-order valence-electron chi connectivity index (χ2n) is 8.93. The molecule has 0 saturated carbocycles. The van der Waals surface area contributed by atoms with E-state index in [9.17, 15) is 9.59 Å². The molecule has 2 amide bonds. The maximum absolute atomic E-state index is 12.9. The minimum Gasteiger partial charge on any atom is -0.340 e. The highest BCUT2D eigenvalue weighted by Crippen LogP contribution is 2.25. The number of carbonyl (C=O) groups excluding carboxylic acids is 2. The van der Waals surface area contributed by atoms with E-state index in [1.807, 2.05) is 63.2 Å². The molecule has 158 valence electrons. The molecule has 0 aliphatic heterocycles. The summed E-state index contributed by atoms with van der Waals surface area (Å²) >= 11 is 1.59. The predicted octanol–water partition coefficient (Wildman–Crippen LogP) is 5.30. The van der Waals surface area contributed by atoms with Crippen LogP contribution >= 0.6 is 11.3 Å². The predicted molar refractivity (Wildman–Crippen MR) is 124 cm³/mol. The molecule has 0 spiro atoms. The molecule has 6 heteroatoms. The SMILES string of the molecule is Cc1nc2ccc(NC(=O)[C@H](NC(=O)c3ccc(C(C)(C)C)cc3)C(C)C)cc2s1. The summed E-state index contributed by atoms with van der Waals surface area (Å²) in [6.07, 6.45) is 0. The maximum atomic E-state index is 12.9. The minimum absolute atomic E-state index is 0.0209. The van der Waals surface area contributed by atoms with Gasteiger partial charge in [-0.3, -0.25) is 9.59 Å². The van der Waals surface area contributed by atoms with Gasteiger partial charge in [-0.2, -0.15) is 0 Å². The summed E-state index contributed by atoms with van der Waals surface area (Å²) < 4.78 is 1.02. The van der Waals surface area contributed by atoms with Crippen molar-refractivity contribution < 1.29 is 9.59 Å². The molecular formula is C24H29N3O2S. The molecule has 3 aromatic rings. The van der Waals surface area contributed by atoms with Crippen LogP contribution in [0, 0.1) is 12.8 Å². The molecule has 0 unspecified atom stereocenters. The second-order valence-corrected chi connectivity index (χ2v) is 10.2. The van der Waals surface area contributed by atoms with Crippen molar-refractivity contribution in [1.29, 1.82) is 0 Å². The summed E-state index contributed by atoms with van der Waals surface area (Å²) in [5.74, 6) is -0.541. The van der Waals surface area contributed by atoms with Gasteiger partial charge in [0.25, 0.3) is 5.91 Å². The molecule has 1 aromatic heterocycles. The van der Waals surface area contributed by atoms with Gasteiger partial charge in [-0.25, -0.2) is 4.98 Å². The first-order chi connectivity index (χ1) is 14.0. The molecule has 2 aromatic carbocycles. The van der Waals surface area contributed by atoms with E-state index in [0.29, 0.717) is 11.3 Å². The smallest absolute Gasteiger partial charge is 0.251 e. The number of aryl methyl sites for hydroxylation is 1. The molecule has 0 radical (unpaired) electrons. The summed E-state index contributed by atoms with van der Waals surface area (Å²) in [6.45, 7) is 12.2. The van der Waals surface area contributed by atoms with Crippen LogP contribution in [0.4, 0.5) is 5.69 Å². The van der Waals surface area contributed by atoms with Gasteiger partial charge in [0.05, 0.1) is 15.2 Å². The summed E-state index contributed by atoms with van der Waals surface area (Å²) in [6, 6.07) is 12.6. The number of hydrogen-bond acceptors (Lipinski definition) is 4. The number of nitrogens with zero attached hydrogens (tertiary/aromatic N) is 1. The Morgan fingerprint density at radius 2 is 1.70 bits per heavy atom. The standard InChI is InChI=1S/C24H29N3O2S/c1-14(2)21(27-22(28)16-7-9-17(10-8-16)24(4,5)6)23(29)26-18-11-12-19-20(13-18)30-15(3)25-19/h7-14,21H,1-6H3,(H,26,29)(H,27,28)/t21-/m1/s1. The molecule has 0 saturated heterocycles. The number of amides is 2. The average Bonchev–Trinajstić information content (AvgIpc) is 3.04. The van der Waals surface area contributed by atoms with Crippen LogP contribution in [-0.2, 0) is 10.2 Å². The fourth-order valence-corrected chi connectivity index (χ4v) is 4.09. The quantitative estimate of drug-likeness (QED) is 0.585. The van der Waals surface area contributed by atoms with E-state index in [-0.39, 0.29) is 23.1 Å². The van der Waals surface area contributed by atoms with Gasteiger partial charge in [-0.15, -0.1) is 11.3 Å². The number of hydrogen-bond donors (Lipinski definition) is 2. The average molecular weight is 424 g/mol. The Bertz CT molecular complexity index is 1060. The highest BCUT2D eigenvalue weighted by Gasteiger charge is 2.25. The number of carbonyl (C=O) groups is 2. The van der Waals surface area contributed by atoms with E-state index in [2.05, 4.69) is 36.4 Å².